The SMILES string of the molecule is CCOC(=O)COc1cc2c(cc1OC)C(CCc1c[nH]c3ccccc13)N(CC1CCOCC1)CC2. The summed E-state index contributed by atoms with van der Waals surface area (Å²) in [6.45, 7) is 5.83. The molecule has 1 atom stereocenters. The molecular formula is C30H38N2O5. The summed E-state index contributed by atoms with van der Waals surface area (Å²) in [5, 5.41) is 1.30. The minimum Gasteiger partial charge on any atom is -0.493 e. The number of benzene rings is 2. The van der Waals surface area contributed by atoms with Crippen LogP contribution in [0.15, 0.2) is 42.6 Å². The lowest BCUT2D eigenvalue weighted by Crippen LogP contribution is -2.40. The van der Waals surface area contributed by atoms with Gasteiger partial charge in [0.05, 0.1) is 13.7 Å². The van der Waals surface area contributed by atoms with E-state index in [1.807, 2.05) is 0 Å². The summed E-state index contributed by atoms with van der Waals surface area (Å²) >= 11 is 0. The second kappa shape index (κ2) is 12.0. The number of aromatic nitrogens is 1. The summed E-state index contributed by atoms with van der Waals surface area (Å²) in [5.41, 5.74) is 5.12. The predicted molar refractivity (Wildman–Crippen MR) is 143 cm³/mol. The van der Waals surface area contributed by atoms with Crippen molar-refractivity contribution in [1.82, 2.24) is 9.88 Å². The van der Waals surface area contributed by atoms with Crippen LogP contribution >= 0.6 is 0 Å². The Balaban J connectivity index is 1.40. The Labute approximate surface area is 219 Å². The van der Waals surface area contributed by atoms with Gasteiger partial charge in [0.15, 0.2) is 18.1 Å². The van der Waals surface area contributed by atoms with Gasteiger partial charge in [-0.3, -0.25) is 4.90 Å². The second-order valence-corrected chi connectivity index (χ2v) is 10.0. The van der Waals surface area contributed by atoms with Gasteiger partial charge in [-0.15, -0.1) is 0 Å². The summed E-state index contributed by atoms with van der Waals surface area (Å²) in [6, 6.07) is 13.0. The topological polar surface area (TPSA) is 73.0 Å². The first-order valence-electron chi connectivity index (χ1n) is 13.5. The Bertz CT molecular complexity index is 1200. The van der Waals surface area contributed by atoms with Gasteiger partial charge < -0.3 is 23.9 Å². The molecule has 7 nitrogen and oxygen atoms in total. The van der Waals surface area contributed by atoms with E-state index in [0.717, 1.165) is 58.4 Å². The molecule has 0 bridgehead atoms. The van der Waals surface area contributed by atoms with E-state index in [1.165, 1.54) is 27.6 Å². The third-order valence-electron chi connectivity index (χ3n) is 7.74. The van der Waals surface area contributed by atoms with Crippen molar-refractivity contribution in [3.8, 4) is 11.5 Å². The number of aryl methyl sites for hydroxylation is 1. The van der Waals surface area contributed by atoms with Gasteiger partial charge >= 0.3 is 5.97 Å². The number of methoxy groups -OCH3 is 1. The van der Waals surface area contributed by atoms with E-state index in [0.29, 0.717) is 24.0 Å². The molecule has 1 unspecified atom stereocenters. The molecule has 0 spiro atoms. The number of nitrogens with zero attached hydrogens (tertiary/aromatic N) is 1. The normalized spacial score (nSPS) is 18.5. The van der Waals surface area contributed by atoms with Crippen molar-refractivity contribution in [3.63, 3.8) is 0 Å². The van der Waals surface area contributed by atoms with E-state index in [-0.39, 0.29) is 18.6 Å². The standard InChI is InChI=1S/C30H38N2O5/c1-3-36-30(33)20-37-29-16-22-10-13-32(19-21-11-14-35-15-12-21)27(25(22)17-28(29)34-2)9-8-23-18-31-26-7-5-4-6-24(23)26/h4-7,16-18,21,27,31H,3,8-15,19-20H2,1-2H3. The van der Waals surface area contributed by atoms with Gasteiger partial charge in [-0.2, -0.15) is 0 Å². The van der Waals surface area contributed by atoms with Crippen LogP contribution in [0.3, 0.4) is 0 Å². The van der Waals surface area contributed by atoms with Gasteiger partial charge in [0.2, 0.25) is 0 Å². The second-order valence-electron chi connectivity index (χ2n) is 10.0. The molecule has 3 heterocycles. The zero-order valence-corrected chi connectivity index (χ0v) is 22.0. The quantitative estimate of drug-likeness (QED) is 0.387. The fraction of sp³-hybridized carbons (Fsp3) is 0.500. The largest absolute Gasteiger partial charge is 0.493 e. The molecule has 0 aliphatic carbocycles. The molecule has 5 rings (SSSR count). The smallest absolute Gasteiger partial charge is 0.344 e. The molecule has 1 saturated heterocycles. The van der Waals surface area contributed by atoms with Crippen molar-refractivity contribution in [2.24, 2.45) is 5.92 Å². The number of nitrogens with one attached hydrogen (secondary N) is 1. The van der Waals surface area contributed by atoms with Gasteiger partial charge in [0.1, 0.15) is 0 Å². The van der Waals surface area contributed by atoms with Gasteiger partial charge in [0.25, 0.3) is 0 Å². The number of hydrogen-bond donors (Lipinski definition) is 1. The number of aromatic amines is 1. The molecule has 1 N–H and O–H groups in total. The first-order chi connectivity index (χ1) is 18.2. The average molecular weight is 507 g/mol. The van der Waals surface area contributed by atoms with Crippen LogP contribution in [0.1, 0.15) is 48.9 Å². The van der Waals surface area contributed by atoms with E-state index in [1.54, 1.807) is 14.0 Å². The van der Waals surface area contributed by atoms with Crippen LogP contribution in [0.4, 0.5) is 0 Å². The highest BCUT2D eigenvalue weighted by molar-refractivity contribution is 5.83. The van der Waals surface area contributed by atoms with Crippen molar-refractivity contribution in [2.75, 3.05) is 46.6 Å². The molecule has 2 aliphatic heterocycles. The van der Waals surface area contributed by atoms with Crippen molar-refractivity contribution in [1.29, 1.82) is 0 Å². The molecule has 2 aromatic carbocycles. The zero-order chi connectivity index (χ0) is 25.6. The zero-order valence-electron chi connectivity index (χ0n) is 22.0. The number of hydrogen-bond acceptors (Lipinski definition) is 6. The predicted octanol–water partition coefficient (Wildman–Crippen LogP) is 5.08. The molecule has 0 saturated carbocycles. The fourth-order valence-electron chi connectivity index (χ4n) is 5.82. The summed E-state index contributed by atoms with van der Waals surface area (Å²) in [7, 11) is 1.66. The third kappa shape index (κ3) is 5.94. The van der Waals surface area contributed by atoms with Crippen LogP contribution in [0, 0.1) is 5.92 Å². The number of esters is 1. The van der Waals surface area contributed by atoms with Crippen LogP contribution in [0.5, 0.6) is 11.5 Å². The molecule has 0 amide bonds. The number of H-pyrrole nitrogens is 1. The Kier molecular flexibility index (Phi) is 8.31. The van der Waals surface area contributed by atoms with Crippen LogP contribution in [0.25, 0.3) is 10.9 Å². The first-order valence-corrected chi connectivity index (χ1v) is 13.5. The lowest BCUT2D eigenvalue weighted by atomic mass is 9.87. The fourth-order valence-corrected chi connectivity index (χ4v) is 5.82. The molecule has 3 aromatic rings. The Morgan fingerprint density at radius 1 is 1.16 bits per heavy atom. The van der Waals surface area contributed by atoms with E-state index >= 15 is 0 Å². The van der Waals surface area contributed by atoms with E-state index in [9.17, 15) is 4.79 Å². The Morgan fingerprint density at radius 2 is 2.00 bits per heavy atom. The maximum Gasteiger partial charge on any atom is 0.344 e. The maximum atomic E-state index is 11.9. The van der Waals surface area contributed by atoms with Crippen LogP contribution in [-0.4, -0.2) is 62.5 Å². The Morgan fingerprint density at radius 3 is 2.81 bits per heavy atom. The first kappa shape index (κ1) is 25.6. The number of carbonyl (C=O) groups is 1. The van der Waals surface area contributed by atoms with Gasteiger partial charge in [-0.25, -0.2) is 4.79 Å². The number of para-hydroxylation sites is 1. The molecule has 1 fully saturated rings. The van der Waals surface area contributed by atoms with Crippen molar-refractivity contribution < 1.29 is 23.7 Å². The Hall–Kier alpha value is -3.03. The van der Waals surface area contributed by atoms with Gasteiger partial charge in [0, 0.05) is 49.4 Å². The molecule has 0 radical (unpaired) electrons. The van der Waals surface area contributed by atoms with Crippen LogP contribution in [-0.2, 0) is 27.1 Å². The average Bonchev–Trinajstić information content (AvgIpc) is 3.34. The van der Waals surface area contributed by atoms with Crippen LogP contribution in [0.2, 0.25) is 0 Å². The molecule has 2 aliphatic rings. The van der Waals surface area contributed by atoms with Crippen molar-refractivity contribution >= 4 is 16.9 Å². The summed E-state index contributed by atoms with van der Waals surface area (Å²) in [5.74, 6) is 1.55. The van der Waals surface area contributed by atoms with Gasteiger partial charge in [-0.05, 0) is 79.8 Å². The minimum absolute atomic E-state index is 0.122. The molecule has 1 aromatic heterocycles. The highest BCUT2D eigenvalue weighted by Gasteiger charge is 2.31. The highest BCUT2D eigenvalue weighted by Crippen LogP contribution is 2.41. The summed E-state index contributed by atoms with van der Waals surface area (Å²) in [4.78, 5) is 18.0. The van der Waals surface area contributed by atoms with Crippen LogP contribution < -0.4 is 9.47 Å². The third-order valence-corrected chi connectivity index (χ3v) is 7.74. The van der Waals surface area contributed by atoms with Crippen molar-refractivity contribution in [2.45, 2.75) is 45.1 Å². The van der Waals surface area contributed by atoms with Crippen molar-refractivity contribution in [3.05, 3.63) is 59.3 Å². The summed E-state index contributed by atoms with van der Waals surface area (Å²) in [6.07, 6.45) is 7.36. The molecule has 37 heavy (non-hydrogen) atoms. The van der Waals surface area contributed by atoms with Gasteiger partial charge in [-0.1, -0.05) is 18.2 Å². The van der Waals surface area contributed by atoms with E-state index in [4.69, 9.17) is 18.9 Å². The lowest BCUT2D eigenvalue weighted by Gasteiger charge is -2.40. The molecule has 7 heteroatoms. The molecule has 198 valence electrons. The number of rotatable bonds is 10. The monoisotopic (exact) mass is 506 g/mol. The summed E-state index contributed by atoms with van der Waals surface area (Å²) < 4.78 is 22.2. The lowest BCUT2D eigenvalue weighted by molar-refractivity contribution is -0.145. The number of carbonyl (C=O) groups excluding carboxylic acids is 1. The van der Waals surface area contributed by atoms with E-state index in [2.05, 4.69) is 52.5 Å². The maximum absolute atomic E-state index is 11.9. The minimum atomic E-state index is -0.374. The molecular weight excluding hydrogens is 468 g/mol. The number of fused-ring (bicyclic) bond motifs is 2. The van der Waals surface area contributed by atoms with E-state index < -0.39 is 0 Å². The number of ether oxygens (including phenoxy) is 4. The highest BCUT2D eigenvalue weighted by atomic mass is 16.6.